The number of hydrogen-bond acceptors (Lipinski definition) is 3. The molecular formula is C15H15FN2S. The average molecular weight is 274 g/mol. The van der Waals surface area contributed by atoms with Gasteiger partial charge in [0.15, 0.2) is 0 Å². The van der Waals surface area contributed by atoms with E-state index in [0.717, 1.165) is 12.8 Å². The van der Waals surface area contributed by atoms with Crippen LogP contribution in [0.5, 0.6) is 0 Å². The van der Waals surface area contributed by atoms with Crippen LogP contribution >= 0.6 is 11.3 Å². The number of nitriles is 1. The molecule has 1 unspecified atom stereocenters. The Hall–Kier alpha value is -1.86. The Kier molecular flexibility index (Phi) is 4.53. The molecular weight excluding hydrogens is 259 g/mol. The molecule has 0 spiro atoms. The first-order valence-electron chi connectivity index (χ1n) is 6.24. The lowest BCUT2D eigenvalue weighted by atomic mass is 10.1. The molecule has 0 saturated heterocycles. The molecule has 2 rings (SSSR count). The van der Waals surface area contributed by atoms with Crippen molar-refractivity contribution in [2.75, 3.05) is 5.32 Å². The number of benzene rings is 1. The van der Waals surface area contributed by atoms with E-state index in [1.807, 2.05) is 17.5 Å². The van der Waals surface area contributed by atoms with Crippen molar-refractivity contribution in [3.8, 4) is 6.07 Å². The van der Waals surface area contributed by atoms with Gasteiger partial charge in [0.25, 0.3) is 0 Å². The topological polar surface area (TPSA) is 35.8 Å². The summed E-state index contributed by atoms with van der Waals surface area (Å²) in [6, 6.07) is 10.8. The highest BCUT2D eigenvalue weighted by Gasteiger charge is 2.15. The molecule has 0 bridgehead atoms. The van der Waals surface area contributed by atoms with Crippen molar-refractivity contribution in [1.29, 1.82) is 5.26 Å². The molecule has 1 aromatic heterocycles. The number of anilines is 1. The Morgan fingerprint density at radius 2 is 2.21 bits per heavy atom. The molecule has 0 saturated carbocycles. The normalized spacial score (nSPS) is 11.8. The third kappa shape index (κ3) is 3.12. The Morgan fingerprint density at radius 3 is 2.84 bits per heavy atom. The molecule has 1 heterocycles. The maximum absolute atomic E-state index is 13.6. The van der Waals surface area contributed by atoms with Gasteiger partial charge in [0.05, 0.1) is 11.7 Å². The molecule has 1 N–H and O–H groups in total. The van der Waals surface area contributed by atoms with Crippen molar-refractivity contribution in [3.05, 3.63) is 52.0 Å². The molecule has 1 atom stereocenters. The molecule has 0 radical (unpaired) electrons. The molecule has 0 amide bonds. The minimum atomic E-state index is -0.478. The second-order valence-corrected chi connectivity index (χ2v) is 5.25. The molecule has 0 aliphatic rings. The molecule has 0 aliphatic heterocycles. The Bertz CT molecular complexity index is 572. The van der Waals surface area contributed by atoms with E-state index >= 15 is 0 Å². The predicted octanol–water partition coefficient (Wildman–Crippen LogP) is 4.71. The molecule has 2 nitrogen and oxygen atoms in total. The minimum Gasteiger partial charge on any atom is -0.376 e. The van der Waals surface area contributed by atoms with Crippen molar-refractivity contribution < 1.29 is 4.39 Å². The first-order chi connectivity index (χ1) is 9.26. The second-order valence-electron chi connectivity index (χ2n) is 4.28. The summed E-state index contributed by atoms with van der Waals surface area (Å²) in [5.41, 5.74) is 0.648. The van der Waals surface area contributed by atoms with Crippen LogP contribution < -0.4 is 5.32 Å². The van der Waals surface area contributed by atoms with Crippen LogP contribution in [0, 0.1) is 17.1 Å². The van der Waals surface area contributed by atoms with Crippen molar-refractivity contribution in [1.82, 2.24) is 0 Å². The van der Waals surface area contributed by atoms with Crippen molar-refractivity contribution in [2.45, 2.75) is 25.8 Å². The van der Waals surface area contributed by atoms with E-state index in [1.54, 1.807) is 23.5 Å². The van der Waals surface area contributed by atoms with Crippen LogP contribution in [-0.4, -0.2) is 0 Å². The fourth-order valence-corrected chi connectivity index (χ4v) is 2.82. The summed E-state index contributed by atoms with van der Waals surface area (Å²) in [5.74, 6) is -0.478. The zero-order chi connectivity index (χ0) is 13.7. The van der Waals surface area contributed by atoms with Gasteiger partial charge in [-0.1, -0.05) is 25.5 Å². The summed E-state index contributed by atoms with van der Waals surface area (Å²) >= 11 is 1.67. The Morgan fingerprint density at radius 1 is 1.37 bits per heavy atom. The van der Waals surface area contributed by atoms with Crippen molar-refractivity contribution >= 4 is 17.0 Å². The highest BCUT2D eigenvalue weighted by molar-refractivity contribution is 7.10. The quantitative estimate of drug-likeness (QED) is 0.857. The maximum Gasteiger partial charge on any atom is 0.143 e. The van der Waals surface area contributed by atoms with E-state index in [4.69, 9.17) is 5.26 Å². The van der Waals surface area contributed by atoms with E-state index < -0.39 is 5.82 Å². The molecule has 4 heteroatoms. The van der Waals surface area contributed by atoms with Crippen molar-refractivity contribution in [2.24, 2.45) is 0 Å². The van der Waals surface area contributed by atoms with Crippen LogP contribution in [0.2, 0.25) is 0 Å². The highest BCUT2D eigenvalue weighted by atomic mass is 32.1. The SMILES string of the molecule is CCCC(Nc1cccc(F)c1C#N)c1cccs1. The largest absolute Gasteiger partial charge is 0.376 e. The number of nitrogens with one attached hydrogen (secondary N) is 1. The van der Waals surface area contributed by atoms with Gasteiger partial charge in [-0.25, -0.2) is 4.39 Å². The third-order valence-corrected chi connectivity index (χ3v) is 3.91. The van der Waals surface area contributed by atoms with Crippen LogP contribution in [-0.2, 0) is 0 Å². The van der Waals surface area contributed by atoms with Gasteiger partial charge < -0.3 is 5.32 Å². The lowest BCUT2D eigenvalue weighted by Crippen LogP contribution is -2.10. The molecule has 2 aromatic rings. The van der Waals surface area contributed by atoms with E-state index in [0.29, 0.717) is 5.69 Å². The minimum absolute atomic E-state index is 0.0835. The zero-order valence-electron chi connectivity index (χ0n) is 10.7. The third-order valence-electron chi connectivity index (χ3n) is 2.92. The van der Waals surface area contributed by atoms with Gasteiger partial charge in [-0.15, -0.1) is 11.3 Å². The van der Waals surface area contributed by atoms with Gasteiger partial charge in [0.1, 0.15) is 17.4 Å². The Labute approximate surface area is 116 Å². The molecule has 0 aliphatic carbocycles. The number of rotatable bonds is 5. The van der Waals surface area contributed by atoms with Crippen LogP contribution in [0.15, 0.2) is 35.7 Å². The molecule has 19 heavy (non-hydrogen) atoms. The van der Waals surface area contributed by atoms with Gasteiger partial charge in [-0.2, -0.15) is 5.26 Å². The summed E-state index contributed by atoms with van der Waals surface area (Å²) < 4.78 is 13.6. The van der Waals surface area contributed by atoms with Crippen LogP contribution in [0.3, 0.4) is 0 Å². The van der Waals surface area contributed by atoms with Crippen LogP contribution in [0.4, 0.5) is 10.1 Å². The summed E-state index contributed by atoms with van der Waals surface area (Å²) in [5, 5.41) is 14.4. The van der Waals surface area contributed by atoms with Gasteiger partial charge in [0.2, 0.25) is 0 Å². The number of hydrogen-bond donors (Lipinski definition) is 1. The lowest BCUT2D eigenvalue weighted by molar-refractivity contribution is 0.622. The smallest absolute Gasteiger partial charge is 0.143 e. The number of thiophene rings is 1. The van der Waals surface area contributed by atoms with Gasteiger partial charge in [-0.05, 0) is 30.0 Å². The zero-order valence-corrected chi connectivity index (χ0v) is 11.5. The van der Waals surface area contributed by atoms with Crippen LogP contribution in [0.25, 0.3) is 0 Å². The number of halogens is 1. The summed E-state index contributed by atoms with van der Waals surface area (Å²) in [6.07, 6.45) is 1.97. The second kappa shape index (κ2) is 6.35. The van der Waals surface area contributed by atoms with Crippen molar-refractivity contribution in [3.63, 3.8) is 0 Å². The Balaban J connectivity index is 2.28. The fraction of sp³-hybridized carbons (Fsp3) is 0.267. The van der Waals surface area contributed by atoms with E-state index in [-0.39, 0.29) is 11.6 Å². The molecule has 98 valence electrons. The number of nitrogens with zero attached hydrogens (tertiary/aromatic N) is 1. The summed E-state index contributed by atoms with van der Waals surface area (Å²) in [4.78, 5) is 1.20. The van der Waals surface area contributed by atoms with E-state index in [1.165, 1.54) is 10.9 Å². The predicted molar refractivity (Wildman–Crippen MR) is 76.7 cm³/mol. The maximum atomic E-state index is 13.6. The summed E-state index contributed by atoms with van der Waals surface area (Å²) in [7, 11) is 0. The standard InChI is InChI=1S/C15H15FN2S/c1-2-5-14(15-8-4-9-19-15)18-13-7-3-6-12(16)11(13)10-17/h3-4,6-9,14,18H,2,5H2,1H3. The van der Waals surface area contributed by atoms with Gasteiger partial charge in [0, 0.05) is 4.88 Å². The average Bonchev–Trinajstić information content (AvgIpc) is 2.92. The fourth-order valence-electron chi connectivity index (χ4n) is 2.01. The van der Waals surface area contributed by atoms with Crippen LogP contribution in [0.1, 0.15) is 36.2 Å². The summed E-state index contributed by atoms with van der Waals surface area (Å²) in [6.45, 7) is 2.11. The van der Waals surface area contributed by atoms with E-state index in [2.05, 4.69) is 18.3 Å². The highest BCUT2D eigenvalue weighted by Crippen LogP contribution is 2.29. The lowest BCUT2D eigenvalue weighted by Gasteiger charge is -2.19. The first kappa shape index (κ1) is 13.6. The monoisotopic (exact) mass is 274 g/mol. The van der Waals surface area contributed by atoms with E-state index in [9.17, 15) is 4.39 Å². The molecule has 1 aromatic carbocycles. The first-order valence-corrected chi connectivity index (χ1v) is 7.12. The molecule has 0 fully saturated rings. The van der Waals surface area contributed by atoms with Gasteiger partial charge in [-0.3, -0.25) is 0 Å². The van der Waals surface area contributed by atoms with Gasteiger partial charge >= 0.3 is 0 Å².